The van der Waals surface area contributed by atoms with Crippen LogP contribution in [0.25, 0.3) is 0 Å². The van der Waals surface area contributed by atoms with Crippen molar-refractivity contribution < 1.29 is 57.8 Å². The van der Waals surface area contributed by atoms with Crippen molar-refractivity contribution in [2.24, 2.45) is 0 Å². The topological polar surface area (TPSA) is 18.5 Å². The first kappa shape index (κ1) is 18.9. The lowest BCUT2D eigenvalue weighted by molar-refractivity contribution is -0.511. The van der Waals surface area contributed by atoms with Gasteiger partial charge in [0, 0.05) is 0 Å². The van der Waals surface area contributed by atoms with Crippen molar-refractivity contribution in [3.63, 3.8) is 0 Å². The molecule has 0 aliphatic heterocycles. The molecule has 0 aliphatic carbocycles. The monoisotopic (exact) mass is 328 g/mol. The second-order valence-corrected chi connectivity index (χ2v) is 3.04. The van der Waals surface area contributed by atoms with Crippen molar-refractivity contribution in [3.8, 4) is 0 Å². The highest BCUT2D eigenvalue weighted by atomic mass is 19.4. The van der Waals surface area contributed by atoms with Crippen LogP contribution in [-0.2, 0) is 9.47 Å². The van der Waals surface area contributed by atoms with Crippen molar-refractivity contribution >= 4 is 0 Å². The van der Waals surface area contributed by atoms with Gasteiger partial charge < -0.3 is 0 Å². The molecule has 0 amide bonds. The van der Waals surface area contributed by atoms with Crippen LogP contribution >= 0.6 is 0 Å². The number of hydrogen-bond donors (Lipinski definition) is 0. The molecule has 0 fully saturated rings. The summed E-state index contributed by atoms with van der Waals surface area (Å²) >= 11 is 0. The first-order valence-electron chi connectivity index (χ1n) is 4.10. The SMILES string of the molecule is C=C(F)C(F)OC(F)(F)C(F)(F)C(F)(F)OC(F)(F)F. The van der Waals surface area contributed by atoms with Crippen LogP contribution in [-0.4, -0.2) is 30.9 Å². The van der Waals surface area contributed by atoms with E-state index in [2.05, 4.69) is 4.74 Å². The Kier molecular flexibility index (Phi) is 5.05. The lowest BCUT2D eigenvalue weighted by atomic mass is 10.3. The standard InChI is InChI=1S/C7H3F11O2/c1-2(8)3(9)19-5(12,13)4(10,11)6(14,15)20-7(16,17)18/h3H,1H2. The molecule has 0 rings (SSSR count). The lowest BCUT2D eigenvalue weighted by Gasteiger charge is -2.32. The zero-order valence-corrected chi connectivity index (χ0v) is 8.76. The van der Waals surface area contributed by atoms with Crippen molar-refractivity contribution in [2.45, 2.75) is 30.9 Å². The van der Waals surface area contributed by atoms with E-state index in [1.54, 1.807) is 0 Å². The Bertz CT molecular complexity index is 360. The van der Waals surface area contributed by atoms with Crippen molar-refractivity contribution in [3.05, 3.63) is 12.4 Å². The van der Waals surface area contributed by atoms with Gasteiger partial charge in [-0.25, -0.2) is 13.5 Å². The molecule has 0 saturated carbocycles. The maximum absolute atomic E-state index is 12.6. The van der Waals surface area contributed by atoms with Gasteiger partial charge in [-0.2, -0.15) is 26.3 Å². The Hall–Kier alpha value is -1.11. The lowest BCUT2D eigenvalue weighted by Crippen LogP contribution is -2.58. The molecule has 1 unspecified atom stereocenters. The molecule has 0 bridgehead atoms. The average molecular weight is 328 g/mol. The van der Waals surface area contributed by atoms with E-state index in [9.17, 15) is 48.3 Å². The van der Waals surface area contributed by atoms with E-state index in [0.29, 0.717) is 0 Å². The van der Waals surface area contributed by atoms with Crippen LogP contribution in [0.15, 0.2) is 12.4 Å². The minimum absolute atomic E-state index is 1.54. The smallest absolute Gasteiger partial charge is 0.274 e. The van der Waals surface area contributed by atoms with Crippen LogP contribution in [0.2, 0.25) is 0 Å². The van der Waals surface area contributed by atoms with E-state index < -0.39 is 36.7 Å². The summed E-state index contributed by atoms with van der Waals surface area (Å²) < 4.78 is 137. The summed E-state index contributed by atoms with van der Waals surface area (Å²) in [6.07, 6.45) is -23.7. The largest absolute Gasteiger partial charge is 0.527 e. The fraction of sp³-hybridized carbons (Fsp3) is 0.714. The highest BCUT2D eigenvalue weighted by molar-refractivity contribution is 4.90. The molecule has 0 heterocycles. The summed E-state index contributed by atoms with van der Waals surface area (Å²) in [5.41, 5.74) is 0. The summed E-state index contributed by atoms with van der Waals surface area (Å²) in [4.78, 5) is 0. The molecule has 1 atom stereocenters. The molecule has 20 heavy (non-hydrogen) atoms. The van der Waals surface area contributed by atoms with Gasteiger partial charge in [0.1, 0.15) is 0 Å². The Balaban J connectivity index is 5.32. The van der Waals surface area contributed by atoms with Gasteiger partial charge in [0.15, 0.2) is 5.83 Å². The molecule has 0 saturated heterocycles. The van der Waals surface area contributed by atoms with Crippen LogP contribution in [0, 0.1) is 0 Å². The van der Waals surface area contributed by atoms with E-state index in [-0.39, 0.29) is 0 Å². The normalized spacial score (nSPS) is 16.1. The Morgan fingerprint density at radius 3 is 1.55 bits per heavy atom. The van der Waals surface area contributed by atoms with E-state index in [1.165, 1.54) is 4.74 Å². The quantitative estimate of drug-likeness (QED) is 0.683. The number of rotatable bonds is 6. The van der Waals surface area contributed by atoms with Gasteiger partial charge in [-0.3, -0.25) is 4.74 Å². The summed E-state index contributed by atoms with van der Waals surface area (Å²) in [6, 6.07) is 0. The highest BCUT2D eigenvalue weighted by Gasteiger charge is 2.77. The molecule has 0 spiro atoms. The predicted octanol–water partition coefficient (Wildman–Crippen LogP) is 4.14. The first-order valence-corrected chi connectivity index (χ1v) is 4.10. The van der Waals surface area contributed by atoms with Crippen LogP contribution in [0.4, 0.5) is 48.3 Å². The fourth-order valence-electron chi connectivity index (χ4n) is 0.647. The molecule has 0 aromatic rings. The minimum atomic E-state index is -6.96. The Morgan fingerprint density at radius 2 is 1.25 bits per heavy atom. The van der Waals surface area contributed by atoms with Crippen molar-refractivity contribution in [1.29, 1.82) is 0 Å². The van der Waals surface area contributed by atoms with Gasteiger partial charge in [0.2, 0.25) is 0 Å². The summed E-state index contributed by atoms with van der Waals surface area (Å²) in [5.74, 6) is -9.37. The Labute approximate surface area is 102 Å². The van der Waals surface area contributed by atoms with E-state index >= 15 is 0 Å². The summed E-state index contributed by atoms with van der Waals surface area (Å²) in [7, 11) is 0. The average Bonchev–Trinajstić information content (AvgIpc) is 2.11. The first-order chi connectivity index (χ1) is 8.53. The fourth-order valence-corrected chi connectivity index (χ4v) is 0.647. The minimum Gasteiger partial charge on any atom is -0.274 e. The molecule has 120 valence electrons. The molecule has 13 heteroatoms. The predicted molar refractivity (Wildman–Crippen MR) is 38.2 cm³/mol. The molecule has 2 nitrogen and oxygen atoms in total. The molecule has 0 N–H and O–H groups in total. The number of hydrogen-bond acceptors (Lipinski definition) is 2. The third-order valence-corrected chi connectivity index (χ3v) is 1.47. The van der Waals surface area contributed by atoms with Gasteiger partial charge in [-0.15, -0.1) is 13.2 Å². The summed E-state index contributed by atoms with van der Waals surface area (Å²) in [5, 5.41) is 0. The van der Waals surface area contributed by atoms with E-state index in [1.807, 2.05) is 6.58 Å². The van der Waals surface area contributed by atoms with Crippen LogP contribution in [0.1, 0.15) is 0 Å². The van der Waals surface area contributed by atoms with Crippen LogP contribution in [0.3, 0.4) is 0 Å². The maximum Gasteiger partial charge on any atom is 0.527 e. The number of alkyl halides is 10. The molecular formula is C7H3F11O2. The second kappa shape index (κ2) is 5.35. The second-order valence-electron chi connectivity index (χ2n) is 3.04. The zero-order chi connectivity index (χ0) is 16.6. The molecule has 0 aromatic heterocycles. The van der Waals surface area contributed by atoms with Gasteiger partial charge in [-0.1, -0.05) is 6.58 Å². The van der Waals surface area contributed by atoms with Crippen molar-refractivity contribution in [1.82, 2.24) is 0 Å². The third-order valence-electron chi connectivity index (χ3n) is 1.47. The molecule has 0 radical (unpaired) electrons. The van der Waals surface area contributed by atoms with Gasteiger partial charge >= 0.3 is 24.5 Å². The number of ether oxygens (including phenoxy) is 2. The van der Waals surface area contributed by atoms with E-state index in [4.69, 9.17) is 0 Å². The molecule has 0 aromatic carbocycles. The van der Waals surface area contributed by atoms with E-state index in [0.717, 1.165) is 0 Å². The zero-order valence-electron chi connectivity index (χ0n) is 8.76. The Morgan fingerprint density at radius 1 is 0.850 bits per heavy atom. The highest BCUT2D eigenvalue weighted by Crippen LogP contribution is 2.49. The third kappa shape index (κ3) is 4.19. The van der Waals surface area contributed by atoms with Crippen molar-refractivity contribution in [2.75, 3.05) is 0 Å². The molecule has 0 aliphatic rings. The van der Waals surface area contributed by atoms with Gasteiger partial charge in [-0.05, 0) is 0 Å². The summed E-state index contributed by atoms with van der Waals surface area (Å²) in [6.45, 7) is 2.00. The van der Waals surface area contributed by atoms with Gasteiger partial charge in [0.25, 0.3) is 6.36 Å². The number of halogens is 11. The molecular weight excluding hydrogens is 325 g/mol. The maximum atomic E-state index is 12.6. The van der Waals surface area contributed by atoms with Crippen LogP contribution < -0.4 is 0 Å². The van der Waals surface area contributed by atoms with Crippen LogP contribution in [0.5, 0.6) is 0 Å². The van der Waals surface area contributed by atoms with Gasteiger partial charge in [0.05, 0.1) is 0 Å².